The number of hydrogen-bond donors (Lipinski definition) is 3. The molecule has 2 atom stereocenters. The third-order valence-electron chi connectivity index (χ3n) is 5.39. The number of rotatable bonds is 8. The van der Waals surface area contributed by atoms with E-state index in [4.69, 9.17) is 15.9 Å². The predicted octanol–water partition coefficient (Wildman–Crippen LogP) is 3.87. The zero-order chi connectivity index (χ0) is 28.7. The monoisotopic (exact) mass is 523 g/mol. The fourth-order valence-electron chi connectivity index (χ4n) is 3.71. The van der Waals surface area contributed by atoms with Crippen molar-refractivity contribution < 1.29 is 29.0 Å². The Morgan fingerprint density at radius 1 is 1.00 bits per heavy atom. The van der Waals surface area contributed by atoms with Crippen LogP contribution in [0.4, 0.5) is 10.5 Å². The van der Waals surface area contributed by atoms with Crippen LogP contribution < -0.4 is 15.4 Å². The van der Waals surface area contributed by atoms with Crippen molar-refractivity contribution in [3.8, 4) is 18.1 Å². The number of methoxy groups -OCH3 is 1. The summed E-state index contributed by atoms with van der Waals surface area (Å²) >= 11 is 0. The summed E-state index contributed by atoms with van der Waals surface area (Å²) in [5.41, 5.74) is -0.125. The molecule has 38 heavy (non-hydrogen) atoms. The summed E-state index contributed by atoms with van der Waals surface area (Å²) in [6, 6.07) is 11.0. The summed E-state index contributed by atoms with van der Waals surface area (Å²) < 4.78 is 10.4. The zero-order valence-electron chi connectivity index (χ0n) is 23.0. The molecule has 0 heterocycles. The fourth-order valence-corrected chi connectivity index (χ4v) is 3.71. The van der Waals surface area contributed by atoms with Gasteiger partial charge in [-0.05, 0) is 83.5 Å². The molecule has 0 saturated heterocycles. The minimum atomic E-state index is -1.36. The number of nitrogens with zero attached hydrogens (tertiary/aromatic N) is 1. The van der Waals surface area contributed by atoms with Gasteiger partial charge in [-0.1, -0.05) is 18.1 Å². The van der Waals surface area contributed by atoms with E-state index in [1.165, 1.54) is 4.90 Å². The molecule has 0 fully saturated rings. The summed E-state index contributed by atoms with van der Waals surface area (Å²) in [7, 11) is 1.54. The SMILES string of the molecule is C#Cc1ccc(C(C(=O)Nc2ccc(OC)cc2)N(C(=O)C(CO)NC(=O)OC(C)(C)C)C(C)(C)C)cc1. The van der Waals surface area contributed by atoms with Crippen LogP contribution in [0.1, 0.15) is 58.7 Å². The van der Waals surface area contributed by atoms with Crippen molar-refractivity contribution in [3.63, 3.8) is 0 Å². The zero-order valence-corrected chi connectivity index (χ0v) is 23.0. The molecule has 9 heteroatoms. The molecule has 0 aromatic heterocycles. The van der Waals surface area contributed by atoms with E-state index in [-0.39, 0.29) is 0 Å². The second-order valence-corrected chi connectivity index (χ2v) is 10.6. The normalized spacial score (nSPS) is 12.9. The molecule has 2 rings (SSSR count). The highest BCUT2D eigenvalue weighted by molar-refractivity contribution is 5.99. The van der Waals surface area contributed by atoms with E-state index in [1.807, 2.05) is 0 Å². The Kier molecular flexibility index (Phi) is 9.91. The minimum Gasteiger partial charge on any atom is -0.497 e. The molecule has 0 spiro atoms. The second-order valence-electron chi connectivity index (χ2n) is 10.6. The van der Waals surface area contributed by atoms with Crippen molar-refractivity contribution in [3.05, 3.63) is 59.7 Å². The number of anilines is 1. The number of carbonyl (C=O) groups excluding carboxylic acids is 3. The summed E-state index contributed by atoms with van der Waals surface area (Å²) in [5, 5.41) is 15.3. The Hall–Kier alpha value is -4.03. The van der Waals surface area contributed by atoms with Crippen molar-refractivity contribution in [1.29, 1.82) is 0 Å². The minimum absolute atomic E-state index is 0.493. The fraction of sp³-hybridized carbons (Fsp3) is 0.414. The maximum Gasteiger partial charge on any atom is 0.408 e. The molecule has 0 bridgehead atoms. The lowest BCUT2D eigenvalue weighted by molar-refractivity contribution is -0.147. The average molecular weight is 524 g/mol. The maximum absolute atomic E-state index is 13.9. The van der Waals surface area contributed by atoms with Crippen LogP contribution in [0.2, 0.25) is 0 Å². The molecule has 2 aromatic rings. The Morgan fingerprint density at radius 3 is 2.03 bits per heavy atom. The van der Waals surface area contributed by atoms with Crippen molar-refractivity contribution in [2.24, 2.45) is 0 Å². The molecule has 9 nitrogen and oxygen atoms in total. The molecule has 3 N–H and O–H groups in total. The summed E-state index contributed by atoms with van der Waals surface area (Å²) in [5.74, 6) is 1.99. The molecular weight excluding hydrogens is 486 g/mol. The van der Waals surface area contributed by atoms with E-state index in [0.29, 0.717) is 22.6 Å². The van der Waals surface area contributed by atoms with Gasteiger partial charge in [0.05, 0.1) is 13.7 Å². The van der Waals surface area contributed by atoms with Gasteiger partial charge in [0.15, 0.2) is 0 Å². The van der Waals surface area contributed by atoms with Crippen LogP contribution in [0.5, 0.6) is 5.75 Å². The lowest BCUT2D eigenvalue weighted by Gasteiger charge is -2.42. The number of terminal acetylenes is 1. The van der Waals surface area contributed by atoms with Crippen molar-refractivity contribution >= 4 is 23.6 Å². The predicted molar refractivity (Wildman–Crippen MR) is 146 cm³/mol. The molecule has 204 valence electrons. The lowest BCUT2D eigenvalue weighted by Crippen LogP contribution is -2.59. The van der Waals surface area contributed by atoms with E-state index in [9.17, 15) is 19.5 Å². The van der Waals surface area contributed by atoms with Crippen LogP contribution in [-0.4, -0.2) is 58.8 Å². The Labute approximate surface area is 224 Å². The third kappa shape index (κ3) is 8.25. The highest BCUT2D eigenvalue weighted by Gasteiger charge is 2.41. The standard InChI is InChI=1S/C29H37N3O6/c1-9-19-10-12-20(13-11-19)24(25(34)30-21-14-16-22(37-8)17-15-21)32(28(2,3)4)26(35)23(18-33)31-27(36)38-29(5,6)7/h1,10-17,23-24,33H,18H2,2-8H3,(H,30,34)(H,31,36). The molecule has 0 aliphatic heterocycles. The van der Waals surface area contributed by atoms with Gasteiger partial charge in [0.1, 0.15) is 23.4 Å². The van der Waals surface area contributed by atoms with Crippen molar-refractivity contribution in [1.82, 2.24) is 10.2 Å². The van der Waals surface area contributed by atoms with E-state index in [0.717, 1.165) is 0 Å². The topological polar surface area (TPSA) is 117 Å². The maximum atomic E-state index is 13.9. The number of aliphatic hydroxyl groups is 1. The van der Waals surface area contributed by atoms with Gasteiger partial charge in [-0.2, -0.15) is 0 Å². The van der Waals surface area contributed by atoms with Crippen LogP contribution >= 0.6 is 0 Å². The molecule has 3 amide bonds. The Balaban J connectivity index is 2.53. The van der Waals surface area contributed by atoms with E-state index in [2.05, 4.69) is 16.6 Å². The first-order valence-corrected chi connectivity index (χ1v) is 12.1. The van der Waals surface area contributed by atoms with E-state index in [1.54, 1.807) is 97.2 Å². The lowest BCUT2D eigenvalue weighted by atomic mass is 9.95. The Morgan fingerprint density at radius 2 is 1.58 bits per heavy atom. The van der Waals surface area contributed by atoms with Crippen molar-refractivity contribution in [2.75, 3.05) is 19.0 Å². The first-order chi connectivity index (χ1) is 17.7. The van der Waals surface area contributed by atoms with Gasteiger partial charge >= 0.3 is 6.09 Å². The molecule has 0 radical (unpaired) electrons. The van der Waals surface area contributed by atoms with Crippen molar-refractivity contribution in [2.45, 2.75) is 64.8 Å². The molecule has 0 aliphatic rings. The second kappa shape index (κ2) is 12.5. The molecule has 2 unspecified atom stereocenters. The van der Waals surface area contributed by atoms with E-state index < -0.39 is 47.7 Å². The number of benzene rings is 2. The summed E-state index contributed by atoms with van der Waals surface area (Å²) in [6.45, 7) is 9.63. The molecule has 0 saturated carbocycles. The largest absolute Gasteiger partial charge is 0.497 e. The third-order valence-corrected chi connectivity index (χ3v) is 5.39. The van der Waals surface area contributed by atoms with Gasteiger partial charge < -0.3 is 30.1 Å². The van der Waals surface area contributed by atoms with Crippen LogP contribution in [0, 0.1) is 12.3 Å². The quantitative estimate of drug-likeness (QED) is 0.452. The first kappa shape index (κ1) is 30.2. The van der Waals surface area contributed by atoms with Crippen LogP contribution in [0.3, 0.4) is 0 Å². The van der Waals surface area contributed by atoms with E-state index >= 15 is 0 Å². The number of amides is 3. The van der Waals surface area contributed by atoms with Gasteiger partial charge in [-0.25, -0.2) is 4.79 Å². The number of alkyl carbamates (subject to hydrolysis) is 1. The van der Waals surface area contributed by atoms with Gasteiger partial charge in [0, 0.05) is 16.8 Å². The number of ether oxygens (including phenoxy) is 2. The van der Waals surface area contributed by atoms with Gasteiger partial charge in [0.25, 0.3) is 5.91 Å². The van der Waals surface area contributed by atoms with Gasteiger partial charge in [-0.15, -0.1) is 6.42 Å². The number of nitrogens with one attached hydrogen (secondary N) is 2. The molecule has 0 aliphatic carbocycles. The van der Waals surface area contributed by atoms with Gasteiger partial charge in [-0.3, -0.25) is 9.59 Å². The molecule has 2 aromatic carbocycles. The number of carbonyl (C=O) groups is 3. The number of aliphatic hydroxyl groups excluding tert-OH is 1. The smallest absolute Gasteiger partial charge is 0.408 e. The van der Waals surface area contributed by atoms with Crippen LogP contribution in [-0.2, 0) is 14.3 Å². The number of hydrogen-bond acceptors (Lipinski definition) is 6. The Bertz CT molecular complexity index is 1160. The first-order valence-electron chi connectivity index (χ1n) is 12.1. The van der Waals surface area contributed by atoms with Gasteiger partial charge in [0.2, 0.25) is 5.91 Å². The average Bonchev–Trinajstić information content (AvgIpc) is 2.84. The van der Waals surface area contributed by atoms with Crippen LogP contribution in [0.25, 0.3) is 0 Å². The highest BCUT2D eigenvalue weighted by Crippen LogP contribution is 2.31. The molecular formula is C29H37N3O6. The highest BCUT2D eigenvalue weighted by atomic mass is 16.6. The van der Waals surface area contributed by atoms with Crippen LogP contribution in [0.15, 0.2) is 48.5 Å². The summed E-state index contributed by atoms with van der Waals surface area (Å²) in [4.78, 5) is 41.4. The summed E-state index contributed by atoms with van der Waals surface area (Å²) in [6.07, 6.45) is 4.64.